The Labute approximate surface area is 123 Å². The largest absolute Gasteiger partial charge is 0.387 e. The van der Waals surface area contributed by atoms with Crippen LogP contribution in [-0.2, 0) is 0 Å². The summed E-state index contributed by atoms with van der Waals surface area (Å²) in [5.41, 5.74) is 1.04. The molecule has 0 amide bonds. The van der Waals surface area contributed by atoms with Gasteiger partial charge in [0.05, 0.1) is 6.10 Å². The molecule has 0 aromatic heterocycles. The van der Waals surface area contributed by atoms with Gasteiger partial charge in [-0.25, -0.2) is 0 Å². The first-order chi connectivity index (χ1) is 9.56. The van der Waals surface area contributed by atoms with Crippen molar-refractivity contribution in [3.05, 3.63) is 35.9 Å². The van der Waals surface area contributed by atoms with Gasteiger partial charge in [-0.3, -0.25) is 4.90 Å². The van der Waals surface area contributed by atoms with E-state index in [0.717, 1.165) is 5.56 Å². The van der Waals surface area contributed by atoms with Crippen LogP contribution in [0.4, 0.5) is 0 Å². The van der Waals surface area contributed by atoms with E-state index in [9.17, 15) is 5.11 Å². The summed E-state index contributed by atoms with van der Waals surface area (Å²) in [5, 5.41) is 10.9. The quantitative estimate of drug-likeness (QED) is 0.877. The molecule has 1 N–H and O–H groups in total. The molecule has 4 atom stereocenters. The Bertz CT molecular complexity index is 403. The fraction of sp³-hybridized carbons (Fsp3) is 0.667. The maximum atomic E-state index is 10.9. The van der Waals surface area contributed by atoms with Crippen molar-refractivity contribution >= 4 is 0 Å². The molecule has 1 aromatic rings. The Morgan fingerprint density at radius 1 is 1.20 bits per heavy atom. The number of hydrogen-bond donors (Lipinski definition) is 1. The molecule has 1 aliphatic heterocycles. The molecule has 0 saturated carbocycles. The lowest BCUT2D eigenvalue weighted by Crippen LogP contribution is -2.48. The third-order valence-electron chi connectivity index (χ3n) is 4.81. The number of aliphatic hydroxyl groups excluding tert-OH is 1. The van der Waals surface area contributed by atoms with Crippen LogP contribution in [-0.4, -0.2) is 28.1 Å². The summed E-state index contributed by atoms with van der Waals surface area (Å²) >= 11 is 0. The molecule has 1 aliphatic rings. The van der Waals surface area contributed by atoms with Crippen molar-refractivity contribution < 1.29 is 5.11 Å². The zero-order chi connectivity index (χ0) is 14.7. The van der Waals surface area contributed by atoms with E-state index in [0.29, 0.717) is 18.0 Å². The first-order valence-electron chi connectivity index (χ1n) is 8.06. The molecule has 4 unspecified atom stereocenters. The molecular weight excluding hydrogens is 246 g/mol. The highest BCUT2D eigenvalue weighted by Gasteiger charge is 2.39. The molecule has 2 nitrogen and oxygen atoms in total. The Balaban J connectivity index is 2.27. The van der Waals surface area contributed by atoms with E-state index in [1.54, 1.807) is 0 Å². The minimum atomic E-state index is -0.397. The number of rotatable bonds is 5. The van der Waals surface area contributed by atoms with E-state index < -0.39 is 6.10 Å². The number of aliphatic hydroxyl groups is 1. The second kappa shape index (κ2) is 6.73. The van der Waals surface area contributed by atoms with Crippen LogP contribution in [0.3, 0.4) is 0 Å². The van der Waals surface area contributed by atoms with Crippen molar-refractivity contribution in [2.75, 3.05) is 0 Å². The van der Waals surface area contributed by atoms with Crippen molar-refractivity contribution in [3.8, 4) is 0 Å². The van der Waals surface area contributed by atoms with E-state index in [2.05, 4.69) is 32.6 Å². The summed E-state index contributed by atoms with van der Waals surface area (Å²) in [4.78, 5) is 2.59. The molecule has 0 bridgehead atoms. The molecule has 1 saturated heterocycles. The van der Waals surface area contributed by atoms with Crippen molar-refractivity contribution in [1.82, 2.24) is 4.90 Å². The van der Waals surface area contributed by atoms with Gasteiger partial charge >= 0.3 is 0 Å². The van der Waals surface area contributed by atoms with Gasteiger partial charge < -0.3 is 5.11 Å². The fourth-order valence-corrected chi connectivity index (χ4v) is 3.76. The van der Waals surface area contributed by atoms with Crippen LogP contribution in [0, 0.1) is 5.92 Å². The number of benzene rings is 1. The minimum Gasteiger partial charge on any atom is -0.387 e. The Hall–Kier alpha value is -0.860. The van der Waals surface area contributed by atoms with E-state index >= 15 is 0 Å². The number of nitrogens with zero attached hydrogens (tertiary/aromatic N) is 1. The van der Waals surface area contributed by atoms with E-state index in [1.807, 2.05) is 30.3 Å². The summed E-state index contributed by atoms with van der Waals surface area (Å²) in [7, 11) is 0. The van der Waals surface area contributed by atoms with E-state index in [4.69, 9.17) is 0 Å². The highest BCUT2D eigenvalue weighted by Crippen LogP contribution is 2.36. The lowest BCUT2D eigenvalue weighted by Gasteiger charge is -2.41. The monoisotopic (exact) mass is 275 g/mol. The summed E-state index contributed by atoms with van der Waals surface area (Å²) in [6.07, 6.45) is 3.30. The Morgan fingerprint density at radius 2 is 1.85 bits per heavy atom. The highest BCUT2D eigenvalue weighted by molar-refractivity contribution is 5.19. The topological polar surface area (TPSA) is 23.5 Å². The molecule has 2 heteroatoms. The lowest BCUT2D eigenvalue weighted by molar-refractivity contribution is -0.00311. The summed E-state index contributed by atoms with van der Waals surface area (Å²) in [6, 6.07) is 11.5. The molecule has 1 fully saturated rings. The van der Waals surface area contributed by atoms with Crippen LogP contribution >= 0.6 is 0 Å². The van der Waals surface area contributed by atoms with Crippen LogP contribution in [0.25, 0.3) is 0 Å². The van der Waals surface area contributed by atoms with Gasteiger partial charge in [0.2, 0.25) is 0 Å². The lowest BCUT2D eigenvalue weighted by atomic mass is 9.90. The van der Waals surface area contributed by atoms with Gasteiger partial charge in [-0.15, -0.1) is 0 Å². The van der Waals surface area contributed by atoms with Crippen molar-refractivity contribution in [3.63, 3.8) is 0 Å². The molecule has 112 valence electrons. The van der Waals surface area contributed by atoms with Gasteiger partial charge in [-0.05, 0) is 37.7 Å². The first-order valence-corrected chi connectivity index (χ1v) is 8.06. The SMILES string of the molecule is CCC1CCC(C)N1C(C(C)C)C(O)c1ccccc1. The standard InChI is InChI=1S/C18H29NO/c1-5-16-12-11-14(4)19(16)17(13(2)3)18(20)15-9-7-6-8-10-15/h6-10,13-14,16-18,20H,5,11-12H2,1-4H3. The molecular formula is C18H29NO. The molecule has 0 radical (unpaired) electrons. The van der Waals surface area contributed by atoms with Gasteiger partial charge in [-0.2, -0.15) is 0 Å². The minimum absolute atomic E-state index is 0.208. The molecule has 2 rings (SSSR count). The zero-order valence-corrected chi connectivity index (χ0v) is 13.3. The third-order valence-corrected chi connectivity index (χ3v) is 4.81. The second-order valence-corrected chi connectivity index (χ2v) is 6.53. The molecule has 0 spiro atoms. The fourth-order valence-electron chi connectivity index (χ4n) is 3.76. The van der Waals surface area contributed by atoms with Crippen LogP contribution in [0.15, 0.2) is 30.3 Å². The average molecular weight is 275 g/mol. The van der Waals surface area contributed by atoms with Gasteiger partial charge in [0, 0.05) is 18.1 Å². The molecule has 20 heavy (non-hydrogen) atoms. The maximum Gasteiger partial charge on any atom is 0.0947 e. The molecule has 0 aliphatic carbocycles. The first kappa shape index (κ1) is 15.5. The van der Waals surface area contributed by atoms with Gasteiger partial charge in [-0.1, -0.05) is 51.1 Å². The molecule has 1 heterocycles. The number of hydrogen-bond acceptors (Lipinski definition) is 2. The van der Waals surface area contributed by atoms with Gasteiger partial charge in [0.25, 0.3) is 0 Å². The normalized spacial score (nSPS) is 26.9. The summed E-state index contributed by atoms with van der Waals surface area (Å²) in [5.74, 6) is 0.444. The number of likely N-dealkylation sites (tertiary alicyclic amines) is 1. The predicted octanol–water partition coefficient (Wildman–Crippen LogP) is 4.01. The average Bonchev–Trinajstić information content (AvgIpc) is 2.81. The summed E-state index contributed by atoms with van der Waals surface area (Å²) < 4.78 is 0. The van der Waals surface area contributed by atoms with Crippen LogP contribution in [0.5, 0.6) is 0 Å². The van der Waals surface area contributed by atoms with E-state index in [-0.39, 0.29) is 6.04 Å². The predicted molar refractivity (Wildman–Crippen MR) is 84.6 cm³/mol. The summed E-state index contributed by atoms with van der Waals surface area (Å²) in [6.45, 7) is 9.04. The van der Waals surface area contributed by atoms with Crippen molar-refractivity contribution in [2.24, 2.45) is 5.92 Å². The Kier molecular flexibility index (Phi) is 5.22. The van der Waals surface area contributed by atoms with Crippen molar-refractivity contribution in [1.29, 1.82) is 0 Å². The molecule has 1 aromatic carbocycles. The second-order valence-electron chi connectivity index (χ2n) is 6.53. The van der Waals surface area contributed by atoms with Gasteiger partial charge in [0.1, 0.15) is 0 Å². The van der Waals surface area contributed by atoms with Crippen LogP contribution in [0.2, 0.25) is 0 Å². The van der Waals surface area contributed by atoms with Gasteiger partial charge in [0.15, 0.2) is 0 Å². The van der Waals surface area contributed by atoms with E-state index in [1.165, 1.54) is 19.3 Å². The van der Waals surface area contributed by atoms with Crippen LogP contribution in [0.1, 0.15) is 58.6 Å². The smallest absolute Gasteiger partial charge is 0.0947 e. The zero-order valence-electron chi connectivity index (χ0n) is 13.3. The third kappa shape index (κ3) is 3.07. The van der Waals surface area contributed by atoms with Crippen LogP contribution < -0.4 is 0 Å². The van der Waals surface area contributed by atoms with Crippen molar-refractivity contribution in [2.45, 2.75) is 71.2 Å². The Morgan fingerprint density at radius 3 is 2.40 bits per heavy atom. The maximum absolute atomic E-state index is 10.9. The highest BCUT2D eigenvalue weighted by atomic mass is 16.3.